The highest BCUT2D eigenvalue weighted by atomic mass is 16.5. The van der Waals surface area contributed by atoms with Crippen molar-refractivity contribution in [1.29, 1.82) is 0 Å². The average molecular weight is 250 g/mol. The van der Waals surface area contributed by atoms with E-state index in [1.165, 1.54) is 7.11 Å². The van der Waals surface area contributed by atoms with Crippen molar-refractivity contribution in [2.75, 3.05) is 7.11 Å². The van der Waals surface area contributed by atoms with Crippen LogP contribution in [0.15, 0.2) is 30.3 Å². The van der Waals surface area contributed by atoms with Crippen LogP contribution in [-0.4, -0.2) is 24.5 Å². The van der Waals surface area contributed by atoms with Crippen molar-refractivity contribution in [3.8, 4) is 0 Å². The molecule has 1 amide bonds. The van der Waals surface area contributed by atoms with Crippen molar-refractivity contribution in [1.82, 2.24) is 10.9 Å². The molecule has 5 heteroatoms. The Morgan fingerprint density at radius 2 is 1.89 bits per heavy atom. The second-order valence-electron chi connectivity index (χ2n) is 4.12. The molecule has 0 saturated heterocycles. The molecule has 18 heavy (non-hydrogen) atoms. The van der Waals surface area contributed by atoms with Crippen LogP contribution < -0.4 is 10.9 Å². The molecule has 2 N–H and O–H groups in total. The predicted molar refractivity (Wildman–Crippen MR) is 67.8 cm³/mol. The van der Waals surface area contributed by atoms with Crippen molar-refractivity contribution >= 4 is 11.9 Å². The molecule has 0 aliphatic carbocycles. The van der Waals surface area contributed by atoms with Crippen LogP contribution in [0.5, 0.6) is 0 Å². The minimum Gasteiger partial charge on any atom is -0.468 e. The summed E-state index contributed by atoms with van der Waals surface area (Å²) in [5.74, 6) is -0.711. The molecule has 1 unspecified atom stereocenters. The molecule has 1 aromatic carbocycles. The van der Waals surface area contributed by atoms with Gasteiger partial charge >= 0.3 is 5.97 Å². The van der Waals surface area contributed by atoms with Crippen molar-refractivity contribution in [3.63, 3.8) is 0 Å². The van der Waals surface area contributed by atoms with Gasteiger partial charge in [0.15, 0.2) is 0 Å². The Balaban J connectivity index is 2.64. The standard InChI is InChI=1S/C13H18N2O3/c1-4-13(2,12(17)18-3)15-14-11(16)10-8-6-5-7-9-10/h5-9,15H,4H2,1-3H3,(H,14,16). The van der Waals surface area contributed by atoms with Gasteiger partial charge in [-0.15, -0.1) is 0 Å². The second-order valence-corrected chi connectivity index (χ2v) is 4.12. The number of ether oxygens (including phenoxy) is 1. The maximum absolute atomic E-state index is 11.8. The van der Waals surface area contributed by atoms with E-state index in [0.29, 0.717) is 12.0 Å². The summed E-state index contributed by atoms with van der Waals surface area (Å²) in [5, 5.41) is 0. The van der Waals surface area contributed by atoms with E-state index in [1.54, 1.807) is 31.2 Å². The number of hydrogen-bond acceptors (Lipinski definition) is 4. The Morgan fingerprint density at radius 1 is 1.28 bits per heavy atom. The summed E-state index contributed by atoms with van der Waals surface area (Å²) in [4.78, 5) is 23.4. The van der Waals surface area contributed by atoms with Gasteiger partial charge in [0, 0.05) is 5.56 Å². The largest absolute Gasteiger partial charge is 0.468 e. The maximum atomic E-state index is 11.8. The monoisotopic (exact) mass is 250 g/mol. The summed E-state index contributed by atoms with van der Waals surface area (Å²) in [7, 11) is 1.32. The van der Waals surface area contributed by atoms with Crippen LogP contribution in [0.2, 0.25) is 0 Å². The summed E-state index contributed by atoms with van der Waals surface area (Å²) in [6.07, 6.45) is 0.495. The molecular formula is C13H18N2O3. The third-order valence-electron chi connectivity index (χ3n) is 2.83. The molecule has 0 aliphatic heterocycles. The number of carbonyl (C=O) groups is 2. The summed E-state index contributed by atoms with van der Waals surface area (Å²) in [5.41, 5.74) is 4.83. The first-order chi connectivity index (χ1) is 8.53. The summed E-state index contributed by atoms with van der Waals surface area (Å²) >= 11 is 0. The van der Waals surface area contributed by atoms with Crippen LogP contribution in [0, 0.1) is 0 Å². The van der Waals surface area contributed by atoms with Gasteiger partial charge < -0.3 is 4.74 Å². The third kappa shape index (κ3) is 3.30. The lowest BCUT2D eigenvalue weighted by Crippen LogP contribution is -2.57. The minimum absolute atomic E-state index is 0.292. The van der Waals surface area contributed by atoms with E-state index in [2.05, 4.69) is 10.9 Å². The van der Waals surface area contributed by atoms with Gasteiger partial charge in [-0.2, -0.15) is 0 Å². The average Bonchev–Trinajstić information content (AvgIpc) is 2.44. The zero-order valence-electron chi connectivity index (χ0n) is 10.8. The molecule has 0 bridgehead atoms. The lowest BCUT2D eigenvalue weighted by atomic mass is 10.0. The molecule has 0 spiro atoms. The van der Waals surface area contributed by atoms with E-state index in [9.17, 15) is 9.59 Å². The molecule has 5 nitrogen and oxygen atoms in total. The first-order valence-electron chi connectivity index (χ1n) is 5.74. The van der Waals surface area contributed by atoms with E-state index >= 15 is 0 Å². The predicted octanol–water partition coefficient (Wildman–Crippen LogP) is 1.26. The number of amides is 1. The van der Waals surface area contributed by atoms with Crippen LogP contribution in [-0.2, 0) is 9.53 Å². The van der Waals surface area contributed by atoms with Crippen LogP contribution in [0.3, 0.4) is 0 Å². The molecule has 1 rings (SSSR count). The number of hydrogen-bond donors (Lipinski definition) is 2. The molecule has 1 atom stereocenters. The summed E-state index contributed by atoms with van der Waals surface area (Å²) < 4.78 is 4.69. The lowest BCUT2D eigenvalue weighted by Gasteiger charge is -2.26. The fourth-order valence-corrected chi connectivity index (χ4v) is 1.37. The quantitative estimate of drug-likeness (QED) is 0.610. The molecule has 0 fully saturated rings. The Kier molecular flexibility index (Phi) is 4.85. The van der Waals surface area contributed by atoms with E-state index in [4.69, 9.17) is 4.74 Å². The van der Waals surface area contributed by atoms with E-state index in [-0.39, 0.29) is 5.91 Å². The summed E-state index contributed by atoms with van der Waals surface area (Å²) in [6.45, 7) is 3.50. The molecule has 0 saturated carbocycles. The van der Waals surface area contributed by atoms with Crippen LogP contribution in [0.1, 0.15) is 30.6 Å². The number of methoxy groups -OCH3 is 1. The Labute approximate surface area is 106 Å². The minimum atomic E-state index is -0.931. The normalized spacial score (nSPS) is 13.5. The molecule has 98 valence electrons. The van der Waals surface area contributed by atoms with Crippen LogP contribution >= 0.6 is 0 Å². The van der Waals surface area contributed by atoms with E-state index in [1.807, 2.05) is 13.0 Å². The van der Waals surface area contributed by atoms with Gasteiger partial charge in [0.25, 0.3) is 5.91 Å². The second kappa shape index (κ2) is 6.16. The topological polar surface area (TPSA) is 67.4 Å². The van der Waals surface area contributed by atoms with Gasteiger partial charge in [0.1, 0.15) is 5.54 Å². The fourth-order valence-electron chi connectivity index (χ4n) is 1.37. The third-order valence-corrected chi connectivity index (χ3v) is 2.83. The number of esters is 1. The Morgan fingerprint density at radius 3 is 2.39 bits per heavy atom. The van der Waals surface area contributed by atoms with Crippen molar-refractivity contribution in [3.05, 3.63) is 35.9 Å². The lowest BCUT2D eigenvalue weighted by molar-refractivity contribution is -0.148. The first-order valence-corrected chi connectivity index (χ1v) is 5.74. The van der Waals surface area contributed by atoms with Crippen LogP contribution in [0.25, 0.3) is 0 Å². The highest BCUT2D eigenvalue weighted by Crippen LogP contribution is 2.10. The van der Waals surface area contributed by atoms with Gasteiger partial charge in [-0.3, -0.25) is 15.0 Å². The SMILES string of the molecule is CCC(C)(NNC(=O)c1ccccc1)C(=O)OC. The smallest absolute Gasteiger partial charge is 0.327 e. The van der Waals surface area contributed by atoms with Crippen molar-refractivity contribution in [2.24, 2.45) is 0 Å². The van der Waals surface area contributed by atoms with Gasteiger partial charge in [0.2, 0.25) is 0 Å². The molecular weight excluding hydrogens is 232 g/mol. The molecule has 0 heterocycles. The number of rotatable bonds is 5. The number of benzene rings is 1. The highest BCUT2D eigenvalue weighted by molar-refractivity contribution is 5.94. The Hall–Kier alpha value is -1.88. The van der Waals surface area contributed by atoms with Crippen LogP contribution in [0.4, 0.5) is 0 Å². The van der Waals surface area contributed by atoms with Gasteiger partial charge in [-0.1, -0.05) is 25.1 Å². The van der Waals surface area contributed by atoms with Gasteiger partial charge in [0.05, 0.1) is 7.11 Å². The van der Waals surface area contributed by atoms with Crippen molar-refractivity contribution in [2.45, 2.75) is 25.8 Å². The zero-order valence-corrected chi connectivity index (χ0v) is 10.8. The zero-order chi connectivity index (χ0) is 13.6. The first kappa shape index (κ1) is 14.2. The van der Waals surface area contributed by atoms with Gasteiger partial charge in [-0.05, 0) is 25.5 Å². The molecule has 1 aromatic rings. The highest BCUT2D eigenvalue weighted by Gasteiger charge is 2.32. The fraction of sp³-hybridized carbons (Fsp3) is 0.385. The maximum Gasteiger partial charge on any atom is 0.327 e. The van der Waals surface area contributed by atoms with E-state index in [0.717, 1.165) is 0 Å². The number of hydrazine groups is 1. The van der Waals surface area contributed by atoms with Crippen molar-refractivity contribution < 1.29 is 14.3 Å². The number of carbonyl (C=O) groups excluding carboxylic acids is 2. The molecule has 0 radical (unpaired) electrons. The molecule has 0 aliphatic rings. The Bertz CT molecular complexity index is 420. The number of nitrogens with one attached hydrogen (secondary N) is 2. The van der Waals surface area contributed by atoms with Gasteiger partial charge in [-0.25, -0.2) is 5.43 Å². The summed E-state index contributed by atoms with van der Waals surface area (Å²) in [6, 6.07) is 8.76. The van der Waals surface area contributed by atoms with E-state index < -0.39 is 11.5 Å². The molecule has 0 aromatic heterocycles.